The molecule has 0 bridgehead atoms. The average molecular weight is 356 g/mol. The molecule has 2 N–H and O–H groups in total. The smallest absolute Gasteiger partial charge is 0.272 e. The molecule has 2 heterocycles. The molecule has 8 nitrogen and oxygen atoms in total. The third kappa shape index (κ3) is 3.90. The van der Waals surface area contributed by atoms with Crippen LogP contribution in [0.25, 0.3) is 0 Å². The van der Waals surface area contributed by atoms with Gasteiger partial charge in [-0.15, -0.1) is 0 Å². The fourth-order valence-electron chi connectivity index (χ4n) is 3.08. The Hall–Kier alpha value is -3.16. The van der Waals surface area contributed by atoms with Crippen molar-refractivity contribution in [1.82, 2.24) is 4.98 Å². The van der Waals surface area contributed by atoms with E-state index in [0.29, 0.717) is 11.3 Å². The molecule has 1 fully saturated rings. The number of nitro groups is 1. The van der Waals surface area contributed by atoms with E-state index < -0.39 is 5.91 Å². The number of ether oxygens (including phenoxy) is 1. The summed E-state index contributed by atoms with van der Waals surface area (Å²) in [5.41, 5.74) is 7.18. The molecule has 1 saturated heterocycles. The topological polar surface area (TPSA) is 112 Å². The van der Waals surface area contributed by atoms with Crippen LogP contribution in [0.15, 0.2) is 36.5 Å². The van der Waals surface area contributed by atoms with E-state index in [9.17, 15) is 14.9 Å². The summed E-state index contributed by atoms with van der Waals surface area (Å²) in [6.07, 6.45) is 3.16. The molecular weight excluding hydrogens is 336 g/mol. The highest BCUT2D eigenvalue weighted by Crippen LogP contribution is 2.27. The summed E-state index contributed by atoms with van der Waals surface area (Å²) in [5, 5.41) is 10.9. The van der Waals surface area contributed by atoms with Gasteiger partial charge >= 0.3 is 0 Å². The van der Waals surface area contributed by atoms with Gasteiger partial charge in [-0.3, -0.25) is 19.9 Å². The van der Waals surface area contributed by atoms with Gasteiger partial charge in [0.25, 0.3) is 11.6 Å². The Bertz CT molecular complexity index is 832. The lowest BCUT2D eigenvalue weighted by Crippen LogP contribution is -2.38. The maximum absolute atomic E-state index is 11.2. The molecule has 1 amide bonds. The van der Waals surface area contributed by atoms with Gasteiger partial charge in [0.2, 0.25) is 0 Å². The van der Waals surface area contributed by atoms with E-state index in [1.807, 2.05) is 6.07 Å². The lowest BCUT2D eigenvalue weighted by molar-refractivity contribution is -0.385. The van der Waals surface area contributed by atoms with E-state index in [4.69, 9.17) is 10.5 Å². The number of carbonyl (C=O) groups is 1. The van der Waals surface area contributed by atoms with Gasteiger partial charge in [0, 0.05) is 55.5 Å². The van der Waals surface area contributed by atoms with E-state index in [2.05, 4.69) is 9.88 Å². The van der Waals surface area contributed by atoms with Crippen molar-refractivity contribution in [3.05, 3.63) is 57.9 Å². The Morgan fingerprint density at radius 2 is 2.04 bits per heavy atom. The van der Waals surface area contributed by atoms with Gasteiger partial charge in [0.1, 0.15) is 17.5 Å². The number of hydrogen-bond acceptors (Lipinski definition) is 6. The van der Waals surface area contributed by atoms with E-state index in [-0.39, 0.29) is 22.4 Å². The van der Waals surface area contributed by atoms with Gasteiger partial charge in [-0.25, -0.2) is 0 Å². The highest BCUT2D eigenvalue weighted by molar-refractivity contribution is 5.91. The van der Waals surface area contributed by atoms with Crippen LogP contribution in [0.1, 0.15) is 28.9 Å². The fourth-order valence-corrected chi connectivity index (χ4v) is 3.08. The molecule has 136 valence electrons. The van der Waals surface area contributed by atoms with Gasteiger partial charge in [-0.05, 0) is 25.1 Å². The highest BCUT2D eigenvalue weighted by atomic mass is 16.6. The van der Waals surface area contributed by atoms with Gasteiger partial charge in [0.05, 0.1) is 4.92 Å². The number of anilines is 1. The van der Waals surface area contributed by atoms with Crippen LogP contribution in [-0.4, -0.2) is 35.0 Å². The number of nitrogens with zero attached hydrogens (tertiary/aromatic N) is 3. The Balaban J connectivity index is 1.61. The third-order valence-electron chi connectivity index (χ3n) is 4.47. The van der Waals surface area contributed by atoms with Crippen LogP contribution in [0.2, 0.25) is 0 Å². The summed E-state index contributed by atoms with van der Waals surface area (Å²) in [6, 6.07) is 8.44. The standard InChI is InChI=1S/C18H20N4O4/c1-12-10-13(2-3-17(12)22(24)25)21-8-5-14(6-9-21)26-15-4-7-20-16(11-15)18(19)23/h2-4,7,10-11,14H,5-6,8-9H2,1H3,(H2,19,23). The zero-order valence-electron chi connectivity index (χ0n) is 14.4. The molecule has 8 heteroatoms. The number of pyridine rings is 1. The number of aryl methyl sites for hydroxylation is 1. The number of rotatable bonds is 5. The number of nitro benzene ring substituents is 1. The normalized spacial score (nSPS) is 14.9. The van der Waals surface area contributed by atoms with E-state index in [1.165, 1.54) is 6.20 Å². The first-order valence-electron chi connectivity index (χ1n) is 8.36. The van der Waals surface area contributed by atoms with Crippen molar-refractivity contribution in [3.63, 3.8) is 0 Å². The third-order valence-corrected chi connectivity index (χ3v) is 4.47. The number of carbonyl (C=O) groups excluding carboxylic acids is 1. The molecule has 0 aliphatic carbocycles. The van der Waals surface area contributed by atoms with Crippen molar-refractivity contribution in [2.75, 3.05) is 18.0 Å². The Kier molecular flexibility index (Phi) is 5.01. The SMILES string of the molecule is Cc1cc(N2CCC(Oc3ccnc(C(N)=O)c3)CC2)ccc1[N+](=O)[O-]. The molecule has 26 heavy (non-hydrogen) atoms. The fraction of sp³-hybridized carbons (Fsp3) is 0.333. The first kappa shape index (κ1) is 17.7. The van der Waals surface area contributed by atoms with Crippen LogP contribution in [0.4, 0.5) is 11.4 Å². The largest absolute Gasteiger partial charge is 0.490 e. The van der Waals surface area contributed by atoms with Crippen LogP contribution in [0.3, 0.4) is 0 Å². The van der Waals surface area contributed by atoms with Crippen LogP contribution in [0, 0.1) is 17.0 Å². The summed E-state index contributed by atoms with van der Waals surface area (Å²) in [4.78, 5) is 27.9. The van der Waals surface area contributed by atoms with E-state index >= 15 is 0 Å². The molecule has 2 aromatic rings. The predicted octanol–water partition coefficient (Wildman–Crippen LogP) is 2.44. The number of primary amides is 1. The predicted molar refractivity (Wildman–Crippen MR) is 96.5 cm³/mol. The van der Waals surface area contributed by atoms with Crippen LogP contribution < -0.4 is 15.4 Å². The van der Waals surface area contributed by atoms with Crippen molar-refractivity contribution in [3.8, 4) is 5.75 Å². The van der Waals surface area contributed by atoms with Crippen molar-refractivity contribution < 1.29 is 14.5 Å². The number of nitrogens with two attached hydrogens (primary N) is 1. The first-order chi connectivity index (χ1) is 12.4. The zero-order valence-corrected chi connectivity index (χ0v) is 14.4. The molecule has 3 rings (SSSR count). The molecular formula is C18H20N4O4. The molecule has 1 aliphatic heterocycles. The summed E-state index contributed by atoms with van der Waals surface area (Å²) in [7, 11) is 0. The molecule has 0 unspecified atom stereocenters. The minimum absolute atomic E-state index is 0.0357. The molecule has 0 radical (unpaired) electrons. The van der Waals surface area contributed by atoms with Gasteiger partial charge in [0.15, 0.2) is 0 Å². The van der Waals surface area contributed by atoms with Crippen molar-refractivity contribution in [2.24, 2.45) is 5.73 Å². The van der Waals surface area contributed by atoms with Crippen LogP contribution in [0.5, 0.6) is 5.75 Å². The number of hydrogen-bond donors (Lipinski definition) is 1. The summed E-state index contributed by atoms with van der Waals surface area (Å²) in [5.74, 6) is -0.00256. The van der Waals surface area contributed by atoms with Gasteiger partial charge < -0.3 is 15.4 Å². The molecule has 1 aliphatic rings. The van der Waals surface area contributed by atoms with E-state index in [1.54, 1.807) is 31.2 Å². The van der Waals surface area contributed by atoms with Crippen LogP contribution >= 0.6 is 0 Å². The molecule has 0 atom stereocenters. The quantitative estimate of drug-likeness (QED) is 0.650. The Morgan fingerprint density at radius 1 is 1.31 bits per heavy atom. The van der Waals surface area contributed by atoms with Gasteiger partial charge in [-0.1, -0.05) is 0 Å². The van der Waals surface area contributed by atoms with E-state index in [0.717, 1.165) is 31.6 Å². The lowest BCUT2D eigenvalue weighted by Gasteiger charge is -2.33. The second-order valence-electron chi connectivity index (χ2n) is 6.27. The van der Waals surface area contributed by atoms with Crippen molar-refractivity contribution >= 4 is 17.3 Å². The number of benzene rings is 1. The summed E-state index contributed by atoms with van der Waals surface area (Å²) in [6.45, 7) is 3.32. The Labute approximate surface area is 150 Å². The Morgan fingerprint density at radius 3 is 2.65 bits per heavy atom. The maximum atomic E-state index is 11.2. The van der Waals surface area contributed by atoms with Crippen LogP contribution in [-0.2, 0) is 0 Å². The number of piperidine rings is 1. The average Bonchev–Trinajstić information content (AvgIpc) is 2.62. The molecule has 1 aromatic carbocycles. The minimum Gasteiger partial charge on any atom is -0.490 e. The monoisotopic (exact) mass is 356 g/mol. The first-order valence-corrected chi connectivity index (χ1v) is 8.36. The van der Waals surface area contributed by atoms with Crippen molar-refractivity contribution in [2.45, 2.75) is 25.9 Å². The second kappa shape index (κ2) is 7.38. The maximum Gasteiger partial charge on any atom is 0.272 e. The molecule has 0 saturated carbocycles. The summed E-state index contributed by atoms with van der Waals surface area (Å²) >= 11 is 0. The van der Waals surface area contributed by atoms with Gasteiger partial charge in [-0.2, -0.15) is 0 Å². The second-order valence-corrected chi connectivity index (χ2v) is 6.27. The van der Waals surface area contributed by atoms with Crippen molar-refractivity contribution in [1.29, 1.82) is 0 Å². The number of amides is 1. The lowest BCUT2D eigenvalue weighted by atomic mass is 10.1. The zero-order chi connectivity index (χ0) is 18.7. The molecule has 1 aromatic heterocycles. The minimum atomic E-state index is -0.584. The highest BCUT2D eigenvalue weighted by Gasteiger charge is 2.22. The summed E-state index contributed by atoms with van der Waals surface area (Å²) < 4.78 is 5.94. The number of aromatic nitrogens is 1. The molecule has 0 spiro atoms.